The summed E-state index contributed by atoms with van der Waals surface area (Å²) in [6, 6.07) is 14.3. The molecule has 0 fully saturated rings. The lowest BCUT2D eigenvalue weighted by Gasteiger charge is -2.16. The standard InChI is InChI=1S/C31H38N2O2/c1-7-10-12-24-13-11-14-25(17-24)21(4)32-31(35)26-15-16-28-29(22(5)33(6)30(28)20-26)19-23(8-2)18-27(34)9-3/h8-9,11,13-18,20-21,34H,2,7,10,12,19H2,1,3-6H3,(H,32,35)/b23-18+,27-9+/t21-/m0/s1. The minimum absolute atomic E-state index is 0.0786. The van der Waals surface area contributed by atoms with Crippen molar-refractivity contribution >= 4 is 16.8 Å². The first kappa shape index (κ1) is 26.1. The molecule has 0 radical (unpaired) electrons. The molecule has 1 amide bonds. The van der Waals surface area contributed by atoms with Crippen molar-refractivity contribution in [3.63, 3.8) is 0 Å². The molecule has 0 aliphatic rings. The second kappa shape index (κ2) is 11.7. The van der Waals surface area contributed by atoms with Crippen LogP contribution in [0.15, 0.2) is 78.6 Å². The fourth-order valence-corrected chi connectivity index (χ4v) is 4.43. The molecule has 1 heterocycles. The molecule has 4 heteroatoms. The molecule has 0 spiro atoms. The Balaban J connectivity index is 1.84. The monoisotopic (exact) mass is 470 g/mol. The van der Waals surface area contributed by atoms with E-state index in [9.17, 15) is 9.90 Å². The Morgan fingerprint density at radius 2 is 2.00 bits per heavy atom. The van der Waals surface area contributed by atoms with Crippen molar-refractivity contribution in [2.75, 3.05) is 0 Å². The van der Waals surface area contributed by atoms with Gasteiger partial charge in [0.25, 0.3) is 5.91 Å². The van der Waals surface area contributed by atoms with Gasteiger partial charge in [-0.25, -0.2) is 0 Å². The van der Waals surface area contributed by atoms with E-state index in [-0.39, 0.29) is 17.7 Å². The largest absolute Gasteiger partial charge is 0.508 e. The Bertz CT molecular complexity index is 1280. The molecule has 0 saturated heterocycles. The van der Waals surface area contributed by atoms with Gasteiger partial charge in [0.15, 0.2) is 0 Å². The van der Waals surface area contributed by atoms with Gasteiger partial charge in [0.2, 0.25) is 0 Å². The summed E-state index contributed by atoms with van der Waals surface area (Å²) in [6.07, 6.45) is 9.23. The van der Waals surface area contributed by atoms with Crippen molar-refractivity contribution < 1.29 is 9.90 Å². The van der Waals surface area contributed by atoms with Crippen LogP contribution in [0, 0.1) is 6.92 Å². The first-order valence-electron chi connectivity index (χ1n) is 12.4. The summed E-state index contributed by atoms with van der Waals surface area (Å²) in [7, 11) is 2.02. The molecule has 2 aromatic carbocycles. The predicted molar refractivity (Wildman–Crippen MR) is 147 cm³/mol. The summed E-state index contributed by atoms with van der Waals surface area (Å²) in [5.74, 6) is 0.144. The summed E-state index contributed by atoms with van der Waals surface area (Å²) < 4.78 is 2.12. The van der Waals surface area contributed by atoms with Crippen LogP contribution in [-0.2, 0) is 19.9 Å². The Kier molecular flexibility index (Phi) is 8.75. The third-order valence-electron chi connectivity index (χ3n) is 6.78. The zero-order valence-corrected chi connectivity index (χ0v) is 21.7. The number of allylic oxidation sites excluding steroid dienone is 4. The highest BCUT2D eigenvalue weighted by Gasteiger charge is 2.17. The van der Waals surface area contributed by atoms with Crippen LogP contribution in [0.3, 0.4) is 0 Å². The van der Waals surface area contributed by atoms with Crippen molar-refractivity contribution in [3.05, 3.63) is 107 Å². The Labute approximate surface area is 209 Å². The van der Waals surface area contributed by atoms with Gasteiger partial charge in [-0.2, -0.15) is 0 Å². The first-order valence-corrected chi connectivity index (χ1v) is 12.4. The third-order valence-corrected chi connectivity index (χ3v) is 6.78. The predicted octanol–water partition coefficient (Wildman–Crippen LogP) is 7.44. The molecule has 3 aromatic rings. The maximum Gasteiger partial charge on any atom is 0.251 e. The Morgan fingerprint density at radius 3 is 2.69 bits per heavy atom. The van der Waals surface area contributed by atoms with Crippen LogP contribution in [0.1, 0.15) is 72.4 Å². The minimum Gasteiger partial charge on any atom is -0.508 e. The van der Waals surface area contributed by atoms with Gasteiger partial charge in [-0.1, -0.05) is 56.3 Å². The second-order valence-corrected chi connectivity index (χ2v) is 9.21. The molecule has 35 heavy (non-hydrogen) atoms. The summed E-state index contributed by atoms with van der Waals surface area (Å²) in [4.78, 5) is 13.1. The van der Waals surface area contributed by atoms with Crippen molar-refractivity contribution in [3.8, 4) is 0 Å². The van der Waals surface area contributed by atoms with Crippen molar-refractivity contribution in [1.29, 1.82) is 0 Å². The summed E-state index contributed by atoms with van der Waals surface area (Å²) in [5.41, 5.74) is 7.33. The van der Waals surface area contributed by atoms with E-state index in [0.717, 1.165) is 34.2 Å². The Morgan fingerprint density at radius 1 is 1.23 bits per heavy atom. The molecule has 0 aliphatic heterocycles. The molecular weight excluding hydrogens is 432 g/mol. The topological polar surface area (TPSA) is 54.3 Å². The van der Waals surface area contributed by atoms with Gasteiger partial charge in [-0.05, 0) is 86.6 Å². The molecule has 2 N–H and O–H groups in total. The molecule has 0 unspecified atom stereocenters. The van der Waals surface area contributed by atoms with Gasteiger partial charge in [0, 0.05) is 29.2 Å². The second-order valence-electron chi connectivity index (χ2n) is 9.21. The van der Waals surface area contributed by atoms with E-state index in [1.165, 1.54) is 24.0 Å². The highest BCUT2D eigenvalue weighted by atomic mass is 16.3. The lowest BCUT2D eigenvalue weighted by molar-refractivity contribution is 0.0940. The van der Waals surface area contributed by atoms with Crippen LogP contribution >= 0.6 is 0 Å². The van der Waals surface area contributed by atoms with E-state index in [4.69, 9.17) is 0 Å². The zero-order valence-electron chi connectivity index (χ0n) is 21.7. The maximum absolute atomic E-state index is 13.1. The normalized spacial score (nSPS) is 13.2. The average Bonchev–Trinajstić information content (AvgIpc) is 3.11. The number of nitrogens with one attached hydrogen (secondary N) is 1. The lowest BCUT2D eigenvalue weighted by Crippen LogP contribution is -2.26. The average molecular weight is 471 g/mol. The summed E-state index contributed by atoms with van der Waals surface area (Å²) >= 11 is 0. The number of benzene rings is 2. The number of nitrogens with zero attached hydrogens (tertiary/aromatic N) is 1. The third kappa shape index (κ3) is 6.13. The van der Waals surface area contributed by atoms with Crippen LogP contribution < -0.4 is 5.32 Å². The number of carbonyl (C=O) groups excluding carboxylic acids is 1. The van der Waals surface area contributed by atoms with Crippen LogP contribution in [0.5, 0.6) is 0 Å². The number of rotatable bonds is 10. The number of aromatic nitrogens is 1. The smallest absolute Gasteiger partial charge is 0.251 e. The number of unbranched alkanes of at least 4 members (excludes halogenated alkanes) is 1. The van der Waals surface area contributed by atoms with E-state index in [2.05, 4.69) is 54.6 Å². The maximum atomic E-state index is 13.1. The molecule has 0 saturated carbocycles. The van der Waals surface area contributed by atoms with Gasteiger partial charge in [0.1, 0.15) is 5.76 Å². The molecular formula is C31H38N2O2. The molecule has 1 aromatic heterocycles. The van der Waals surface area contributed by atoms with E-state index in [0.29, 0.717) is 12.0 Å². The van der Waals surface area contributed by atoms with Crippen LogP contribution in [0.25, 0.3) is 10.9 Å². The van der Waals surface area contributed by atoms with Gasteiger partial charge in [-0.3, -0.25) is 4.79 Å². The minimum atomic E-state index is -0.0801. The summed E-state index contributed by atoms with van der Waals surface area (Å²) in [5, 5.41) is 14.2. The molecule has 3 rings (SSSR count). The van der Waals surface area contributed by atoms with E-state index < -0.39 is 0 Å². The lowest BCUT2D eigenvalue weighted by atomic mass is 10.00. The van der Waals surface area contributed by atoms with Crippen LogP contribution in [-0.4, -0.2) is 15.6 Å². The molecule has 0 aliphatic carbocycles. The SMILES string of the molecule is C=C/C(=C\C(O)=C/C)Cc1c(C)n(C)c2cc(C(=O)N[C@@H](C)c3cccc(CCCC)c3)ccc12. The summed E-state index contributed by atoms with van der Waals surface area (Å²) in [6.45, 7) is 12.0. The van der Waals surface area contributed by atoms with Gasteiger partial charge < -0.3 is 15.0 Å². The van der Waals surface area contributed by atoms with E-state index in [1.54, 1.807) is 25.2 Å². The molecule has 184 valence electrons. The highest BCUT2D eigenvalue weighted by Crippen LogP contribution is 2.29. The Hall–Kier alpha value is -3.53. The number of aliphatic hydroxyl groups is 1. The van der Waals surface area contributed by atoms with Crippen molar-refractivity contribution in [2.24, 2.45) is 7.05 Å². The quantitative estimate of drug-likeness (QED) is 0.239. The number of aryl methyl sites for hydroxylation is 2. The van der Waals surface area contributed by atoms with Crippen molar-refractivity contribution in [1.82, 2.24) is 9.88 Å². The van der Waals surface area contributed by atoms with Crippen LogP contribution in [0.4, 0.5) is 0 Å². The molecule has 4 nitrogen and oxygen atoms in total. The number of carbonyl (C=O) groups is 1. The zero-order chi connectivity index (χ0) is 25.5. The van der Waals surface area contributed by atoms with Crippen LogP contribution in [0.2, 0.25) is 0 Å². The van der Waals surface area contributed by atoms with E-state index >= 15 is 0 Å². The number of aliphatic hydroxyl groups excluding tert-OH is 1. The van der Waals surface area contributed by atoms with Gasteiger partial charge >= 0.3 is 0 Å². The number of hydrogen-bond acceptors (Lipinski definition) is 2. The fraction of sp³-hybridized carbons (Fsp3) is 0.323. The highest BCUT2D eigenvalue weighted by molar-refractivity contribution is 5.99. The fourth-order valence-electron chi connectivity index (χ4n) is 4.43. The van der Waals surface area contributed by atoms with Gasteiger partial charge in [-0.15, -0.1) is 0 Å². The molecule has 1 atom stereocenters. The number of amides is 1. The number of fused-ring (bicyclic) bond motifs is 1. The van der Waals surface area contributed by atoms with E-state index in [1.807, 2.05) is 32.2 Å². The first-order chi connectivity index (χ1) is 16.8. The van der Waals surface area contributed by atoms with Gasteiger partial charge in [0.05, 0.1) is 6.04 Å². The molecule has 0 bridgehead atoms. The number of hydrogen-bond donors (Lipinski definition) is 2. The van der Waals surface area contributed by atoms with Crippen molar-refractivity contribution in [2.45, 2.75) is 59.4 Å².